The van der Waals surface area contributed by atoms with Crippen LogP contribution in [0.2, 0.25) is 0 Å². The van der Waals surface area contributed by atoms with E-state index in [1.807, 2.05) is 7.05 Å². The molecule has 0 amide bonds. The van der Waals surface area contributed by atoms with Gasteiger partial charge in [-0.15, -0.1) is 0 Å². The molecule has 2 saturated heterocycles. The van der Waals surface area contributed by atoms with Gasteiger partial charge >= 0.3 is 0 Å². The Morgan fingerprint density at radius 3 is 2.92 bits per heavy atom. The molecule has 2 aliphatic heterocycles. The highest BCUT2D eigenvalue weighted by Crippen LogP contribution is 2.33. The first-order valence-corrected chi connectivity index (χ1v) is 5.00. The van der Waals surface area contributed by atoms with Gasteiger partial charge in [-0.1, -0.05) is 0 Å². The van der Waals surface area contributed by atoms with Crippen LogP contribution in [-0.2, 0) is 9.53 Å². The largest absolute Gasteiger partial charge is 0.380 e. The summed E-state index contributed by atoms with van der Waals surface area (Å²) in [6.45, 7) is 3.38. The van der Waals surface area contributed by atoms with Gasteiger partial charge < -0.3 is 4.74 Å². The Bertz CT molecular complexity index is 217. The molecular weight excluding hydrogens is 166 g/mol. The van der Waals surface area contributed by atoms with E-state index in [1.165, 1.54) is 0 Å². The molecule has 3 nitrogen and oxygen atoms in total. The number of likely N-dealkylation sites (tertiary alicyclic amines) is 1. The SMILES string of the molecule is CC(=O)C1CC2CCOCC2N1C. The Morgan fingerprint density at radius 1 is 1.54 bits per heavy atom. The number of carbonyl (C=O) groups is 1. The molecule has 74 valence electrons. The molecule has 3 heteroatoms. The van der Waals surface area contributed by atoms with E-state index in [4.69, 9.17) is 4.74 Å². The van der Waals surface area contributed by atoms with Crippen LogP contribution >= 0.6 is 0 Å². The molecule has 2 heterocycles. The number of likely N-dealkylation sites (N-methyl/N-ethyl adjacent to an activating group) is 1. The fourth-order valence-corrected chi connectivity index (χ4v) is 2.63. The van der Waals surface area contributed by atoms with E-state index in [1.54, 1.807) is 6.92 Å². The van der Waals surface area contributed by atoms with Gasteiger partial charge in [0.25, 0.3) is 0 Å². The summed E-state index contributed by atoms with van der Waals surface area (Å²) in [5.41, 5.74) is 0. The molecule has 0 N–H and O–H groups in total. The Balaban J connectivity index is 2.09. The van der Waals surface area contributed by atoms with Crippen molar-refractivity contribution in [2.75, 3.05) is 20.3 Å². The van der Waals surface area contributed by atoms with Crippen LogP contribution in [0.5, 0.6) is 0 Å². The molecule has 0 bridgehead atoms. The van der Waals surface area contributed by atoms with Crippen molar-refractivity contribution in [1.82, 2.24) is 4.90 Å². The third kappa shape index (κ3) is 1.51. The number of carbonyl (C=O) groups excluding carboxylic acids is 1. The molecule has 2 fully saturated rings. The highest BCUT2D eigenvalue weighted by molar-refractivity contribution is 5.81. The van der Waals surface area contributed by atoms with E-state index in [2.05, 4.69) is 4.90 Å². The standard InChI is InChI=1S/C10H17NO2/c1-7(12)9-5-8-3-4-13-6-10(8)11(9)2/h8-10H,3-6H2,1-2H3. The number of nitrogens with zero attached hydrogens (tertiary/aromatic N) is 1. The Morgan fingerprint density at radius 2 is 2.31 bits per heavy atom. The van der Waals surface area contributed by atoms with Gasteiger partial charge in [-0.3, -0.25) is 9.69 Å². The van der Waals surface area contributed by atoms with Crippen LogP contribution < -0.4 is 0 Å². The number of hydrogen-bond donors (Lipinski definition) is 0. The first-order chi connectivity index (χ1) is 6.20. The van der Waals surface area contributed by atoms with E-state index < -0.39 is 0 Å². The molecule has 0 aromatic rings. The number of ketones is 1. The van der Waals surface area contributed by atoms with E-state index in [0.717, 1.165) is 26.1 Å². The number of ether oxygens (including phenoxy) is 1. The van der Waals surface area contributed by atoms with Crippen molar-refractivity contribution in [3.05, 3.63) is 0 Å². The van der Waals surface area contributed by atoms with Gasteiger partial charge in [0.2, 0.25) is 0 Å². The van der Waals surface area contributed by atoms with Crippen LogP contribution in [0.1, 0.15) is 19.8 Å². The van der Waals surface area contributed by atoms with Crippen molar-refractivity contribution in [1.29, 1.82) is 0 Å². The van der Waals surface area contributed by atoms with Crippen molar-refractivity contribution < 1.29 is 9.53 Å². The summed E-state index contributed by atoms with van der Waals surface area (Å²) in [6, 6.07) is 0.638. The number of Topliss-reactive ketones (excluding diaryl/α,β-unsaturated/α-hetero) is 1. The molecule has 3 atom stereocenters. The summed E-state index contributed by atoms with van der Waals surface area (Å²) >= 11 is 0. The minimum absolute atomic E-state index is 0.150. The van der Waals surface area contributed by atoms with Crippen molar-refractivity contribution in [2.24, 2.45) is 5.92 Å². The van der Waals surface area contributed by atoms with Crippen molar-refractivity contribution in [3.63, 3.8) is 0 Å². The zero-order valence-electron chi connectivity index (χ0n) is 8.32. The second kappa shape index (κ2) is 3.39. The minimum atomic E-state index is 0.150. The molecule has 0 saturated carbocycles. The van der Waals surface area contributed by atoms with Gasteiger partial charge in [0, 0.05) is 12.6 Å². The van der Waals surface area contributed by atoms with Gasteiger partial charge in [0.15, 0.2) is 0 Å². The Hall–Kier alpha value is -0.410. The second-order valence-electron chi connectivity index (χ2n) is 4.22. The lowest BCUT2D eigenvalue weighted by Crippen LogP contribution is -2.41. The molecule has 13 heavy (non-hydrogen) atoms. The summed E-state index contributed by atoms with van der Waals surface area (Å²) in [5, 5.41) is 0. The first kappa shape index (κ1) is 9.16. The summed E-state index contributed by atoms with van der Waals surface area (Å²) in [6.07, 6.45) is 2.17. The normalized spacial score (nSPS) is 40.3. The van der Waals surface area contributed by atoms with Crippen LogP contribution in [0.25, 0.3) is 0 Å². The molecule has 0 spiro atoms. The van der Waals surface area contributed by atoms with E-state index in [-0.39, 0.29) is 6.04 Å². The van der Waals surface area contributed by atoms with Crippen molar-refractivity contribution in [2.45, 2.75) is 31.8 Å². The maximum absolute atomic E-state index is 11.3. The molecule has 2 aliphatic rings. The van der Waals surface area contributed by atoms with Gasteiger partial charge in [0.1, 0.15) is 5.78 Å². The van der Waals surface area contributed by atoms with Crippen molar-refractivity contribution in [3.8, 4) is 0 Å². The molecule has 3 unspecified atom stereocenters. The van der Waals surface area contributed by atoms with Gasteiger partial charge in [-0.2, -0.15) is 0 Å². The summed E-state index contributed by atoms with van der Waals surface area (Å²) in [4.78, 5) is 13.5. The van der Waals surface area contributed by atoms with E-state index in [9.17, 15) is 4.79 Å². The molecule has 0 radical (unpaired) electrons. The summed E-state index contributed by atoms with van der Waals surface area (Å²) in [7, 11) is 2.05. The predicted molar refractivity (Wildman–Crippen MR) is 49.6 cm³/mol. The first-order valence-electron chi connectivity index (χ1n) is 5.00. The molecule has 0 aliphatic carbocycles. The molecule has 0 aromatic heterocycles. The van der Waals surface area contributed by atoms with Crippen molar-refractivity contribution >= 4 is 5.78 Å². The predicted octanol–water partition coefficient (Wildman–Crippen LogP) is 0.685. The highest BCUT2D eigenvalue weighted by atomic mass is 16.5. The average Bonchev–Trinajstić information content (AvgIpc) is 2.45. The lowest BCUT2D eigenvalue weighted by Gasteiger charge is -2.30. The lowest BCUT2D eigenvalue weighted by molar-refractivity contribution is -0.121. The zero-order valence-corrected chi connectivity index (χ0v) is 8.32. The van der Waals surface area contributed by atoms with Gasteiger partial charge in [-0.05, 0) is 32.7 Å². The average molecular weight is 183 g/mol. The number of hydrogen-bond acceptors (Lipinski definition) is 3. The van der Waals surface area contributed by atoms with Gasteiger partial charge in [0.05, 0.1) is 12.6 Å². The van der Waals surface area contributed by atoms with E-state index in [0.29, 0.717) is 17.7 Å². The topological polar surface area (TPSA) is 29.5 Å². The summed E-state index contributed by atoms with van der Waals surface area (Å²) < 4.78 is 5.43. The number of fused-ring (bicyclic) bond motifs is 1. The fraction of sp³-hybridized carbons (Fsp3) is 0.900. The molecule has 0 aromatic carbocycles. The van der Waals surface area contributed by atoms with Crippen LogP contribution in [0.3, 0.4) is 0 Å². The quantitative estimate of drug-likeness (QED) is 0.599. The zero-order chi connectivity index (χ0) is 9.42. The monoisotopic (exact) mass is 183 g/mol. The smallest absolute Gasteiger partial charge is 0.146 e. The van der Waals surface area contributed by atoms with Crippen LogP contribution in [-0.4, -0.2) is 43.0 Å². The lowest BCUT2D eigenvalue weighted by atomic mass is 9.94. The van der Waals surface area contributed by atoms with Crippen LogP contribution in [0.4, 0.5) is 0 Å². The maximum Gasteiger partial charge on any atom is 0.146 e. The van der Waals surface area contributed by atoms with Crippen LogP contribution in [0, 0.1) is 5.92 Å². The Labute approximate surface area is 79.0 Å². The van der Waals surface area contributed by atoms with Gasteiger partial charge in [-0.25, -0.2) is 0 Å². The third-order valence-corrected chi connectivity index (χ3v) is 3.48. The molecular formula is C10H17NO2. The van der Waals surface area contributed by atoms with E-state index >= 15 is 0 Å². The second-order valence-corrected chi connectivity index (χ2v) is 4.22. The highest BCUT2D eigenvalue weighted by Gasteiger charge is 2.42. The summed E-state index contributed by atoms with van der Waals surface area (Å²) in [5.74, 6) is 0.990. The van der Waals surface area contributed by atoms with Crippen LogP contribution in [0.15, 0.2) is 0 Å². The molecule has 2 rings (SSSR count). The third-order valence-electron chi connectivity index (χ3n) is 3.48. The Kier molecular flexibility index (Phi) is 2.39. The maximum atomic E-state index is 11.3. The fourth-order valence-electron chi connectivity index (χ4n) is 2.63. The minimum Gasteiger partial charge on any atom is -0.380 e. The number of rotatable bonds is 1.